The number of allylic oxidation sites excluding steroid dienone is 1. The molecule has 1 aromatic heterocycles. The molecule has 0 unspecified atom stereocenters. The Morgan fingerprint density at radius 2 is 2.12 bits per heavy atom. The Morgan fingerprint density at radius 3 is 2.71 bits per heavy atom. The monoisotopic (exact) mass is 332 g/mol. The van der Waals surface area contributed by atoms with Crippen LogP contribution in [0.1, 0.15) is 76.4 Å². The van der Waals surface area contributed by atoms with Gasteiger partial charge in [0, 0.05) is 29.9 Å². The van der Waals surface area contributed by atoms with E-state index in [0.717, 1.165) is 36.5 Å². The van der Waals surface area contributed by atoms with E-state index in [1.54, 1.807) is 0 Å². The van der Waals surface area contributed by atoms with Crippen LogP contribution in [0.3, 0.4) is 0 Å². The Hall–Kier alpha value is -1.69. The van der Waals surface area contributed by atoms with E-state index < -0.39 is 6.10 Å². The Balaban J connectivity index is 1.54. The molecule has 2 aliphatic rings. The second-order valence-electron chi connectivity index (χ2n) is 7.52. The first kappa shape index (κ1) is 17.1. The highest BCUT2D eigenvalue weighted by atomic mass is 16.3. The molecule has 1 heterocycles. The Labute approximate surface area is 143 Å². The van der Waals surface area contributed by atoms with Crippen LogP contribution in [0, 0.1) is 5.92 Å². The van der Waals surface area contributed by atoms with E-state index in [-0.39, 0.29) is 17.7 Å². The molecule has 2 fully saturated rings. The van der Waals surface area contributed by atoms with Gasteiger partial charge in [0.25, 0.3) is 0 Å². The molecule has 2 saturated carbocycles. The molecule has 2 aliphatic carbocycles. The molecule has 24 heavy (non-hydrogen) atoms. The Kier molecular flexibility index (Phi) is 5.04. The largest absolute Gasteiger partial charge is 0.393 e. The molecule has 1 aromatic rings. The van der Waals surface area contributed by atoms with Crippen LogP contribution in [0.2, 0.25) is 0 Å². The first-order valence-electron chi connectivity index (χ1n) is 9.02. The van der Waals surface area contributed by atoms with E-state index in [9.17, 15) is 9.90 Å². The number of aliphatic hydroxyl groups excluding tert-OH is 1. The summed E-state index contributed by atoms with van der Waals surface area (Å²) in [5.41, 5.74) is 2.14. The summed E-state index contributed by atoms with van der Waals surface area (Å²) < 4.78 is 0. The summed E-state index contributed by atoms with van der Waals surface area (Å²) in [6.45, 7) is 6.55. The van der Waals surface area contributed by atoms with Crippen molar-refractivity contribution < 1.29 is 9.90 Å². The second kappa shape index (κ2) is 7.05. The smallest absolute Gasteiger partial charge is 0.246 e. The lowest BCUT2D eigenvalue weighted by molar-refractivity contribution is -0.117. The van der Waals surface area contributed by atoms with Crippen molar-refractivity contribution in [2.45, 2.75) is 70.8 Å². The van der Waals surface area contributed by atoms with Gasteiger partial charge in [-0.15, -0.1) is 0 Å². The number of hydrogen-bond acceptors (Lipinski definition) is 4. The molecule has 0 aromatic carbocycles. The zero-order valence-electron chi connectivity index (χ0n) is 14.8. The minimum Gasteiger partial charge on any atom is -0.393 e. The van der Waals surface area contributed by atoms with Crippen molar-refractivity contribution >= 4 is 5.91 Å². The average Bonchev–Trinajstić information content (AvgIpc) is 3.09. The zero-order chi connectivity index (χ0) is 17.3. The molecule has 0 saturated heterocycles. The number of carbonyl (C=O) groups is 1. The van der Waals surface area contributed by atoms with Crippen LogP contribution in [0.25, 0.3) is 0 Å². The third-order valence-corrected chi connectivity index (χ3v) is 5.43. The maximum Gasteiger partial charge on any atom is 0.246 e. The quantitative estimate of drug-likeness (QED) is 0.722. The second-order valence-corrected chi connectivity index (χ2v) is 7.52. The van der Waals surface area contributed by atoms with E-state index in [4.69, 9.17) is 0 Å². The van der Waals surface area contributed by atoms with Crippen LogP contribution in [0.4, 0.5) is 0 Å². The highest BCUT2D eigenvalue weighted by Crippen LogP contribution is 2.37. The van der Waals surface area contributed by atoms with Crippen LogP contribution in [-0.2, 0) is 4.79 Å². The average molecular weight is 332 g/mol. The molecule has 0 spiro atoms. The highest BCUT2D eigenvalue weighted by Gasteiger charge is 2.35. The summed E-state index contributed by atoms with van der Waals surface area (Å²) >= 11 is 0. The van der Waals surface area contributed by atoms with Gasteiger partial charge in [-0.1, -0.05) is 19.4 Å². The van der Waals surface area contributed by atoms with Gasteiger partial charge < -0.3 is 10.4 Å². The van der Waals surface area contributed by atoms with Gasteiger partial charge in [0.05, 0.1) is 6.10 Å². The Bertz CT molecular complexity index is 629. The summed E-state index contributed by atoms with van der Waals surface area (Å²) in [6, 6.07) is 0. The fraction of sp³-hybridized carbons (Fsp3) is 0.722. The molecule has 6 heteroatoms. The van der Waals surface area contributed by atoms with Crippen molar-refractivity contribution in [3.63, 3.8) is 0 Å². The van der Waals surface area contributed by atoms with Gasteiger partial charge in [0.15, 0.2) is 5.82 Å². The number of H-pyrrole nitrogens is 1. The number of aliphatic hydroxyl groups is 1. The van der Waals surface area contributed by atoms with Crippen molar-refractivity contribution in [1.82, 2.24) is 20.5 Å². The van der Waals surface area contributed by atoms with Gasteiger partial charge in [0.2, 0.25) is 5.91 Å². The van der Waals surface area contributed by atoms with Gasteiger partial charge in [-0.3, -0.25) is 9.89 Å². The van der Waals surface area contributed by atoms with Crippen molar-refractivity contribution in [3.8, 4) is 0 Å². The van der Waals surface area contributed by atoms with E-state index in [1.807, 2.05) is 6.92 Å². The van der Waals surface area contributed by atoms with Gasteiger partial charge in [-0.2, -0.15) is 5.10 Å². The van der Waals surface area contributed by atoms with Gasteiger partial charge in [0.1, 0.15) is 5.82 Å². The molecule has 0 bridgehead atoms. The molecule has 3 rings (SSSR count). The van der Waals surface area contributed by atoms with Crippen LogP contribution in [0.5, 0.6) is 0 Å². The number of nitrogens with one attached hydrogen (secondary N) is 2. The predicted molar refractivity (Wildman–Crippen MR) is 91.5 cm³/mol. The first-order chi connectivity index (χ1) is 11.5. The SMILES string of the molecule is CC(C(=O)NC[C@H]1C[C@H](c2nc(C(C)C)n[nH]2)C[C@H]1O)=C1CCC1. The minimum absolute atomic E-state index is 0.0158. The summed E-state index contributed by atoms with van der Waals surface area (Å²) in [4.78, 5) is 16.7. The fourth-order valence-corrected chi connectivity index (χ4v) is 3.52. The maximum atomic E-state index is 12.2. The number of aromatic amines is 1. The summed E-state index contributed by atoms with van der Waals surface area (Å²) in [7, 11) is 0. The van der Waals surface area contributed by atoms with Crippen molar-refractivity contribution in [2.75, 3.05) is 6.54 Å². The topological polar surface area (TPSA) is 90.9 Å². The number of carbonyl (C=O) groups excluding carboxylic acids is 1. The molecular formula is C18H28N4O2. The van der Waals surface area contributed by atoms with E-state index in [1.165, 1.54) is 12.0 Å². The number of aromatic nitrogens is 3. The van der Waals surface area contributed by atoms with E-state index in [0.29, 0.717) is 18.9 Å². The van der Waals surface area contributed by atoms with Crippen molar-refractivity contribution in [1.29, 1.82) is 0 Å². The van der Waals surface area contributed by atoms with Crippen LogP contribution >= 0.6 is 0 Å². The van der Waals surface area contributed by atoms with E-state index >= 15 is 0 Å². The number of rotatable bonds is 5. The third-order valence-electron chi connectivity index (χ3n) is 5.43. The molecule has 3 atom stereocenters. The molecule has 0 aliphatic heterocycles. The van der Waals surface area contributed by atoms with Gasteiger partial charge >= 0.3 is 0 Å². The van der Waals surface area contributed by atoms with Crippen molar-refractivity contribution in [2.24, 2.45) is 5.92 Å². The molecule has 6 nitrogen and oxygen atoms in total. The van der Waals surface area contributed by atoms with Gasteiger partial charge in [-0.05, 0) is 39.0 Å². The van der Waals surface area contributed by atoms with Crippen LogP contribution in [0.15, 0.2) is 11.1 Å². The first-order valence-corrected chi connectivity index (χ1v) is 9.02. The summed E-state index contributed by atoms with van der Waals surface area (Å²) in [5.74, 6) is 2.25. The molecule has 132 valence electrons. The number of amides is 1. The zero-order valence-corrected chi connectivity index (χ0v) is 14.8. The summed E-state index contributed by atoms with van der Waals surface area (Å²) in [5, 5.41) is 20.6. The van der Waals surface area contributed by atoms with Crippen molar-refractivity contribution in [3.05, 3.63) is 22.8 Å². The standard InChI is InChI=1S/C18H28N4O2/c1-10(2)16-20-17(22-21-16)13-7-14(15(23)8-13)9-19-18(24)11(3)12-5-4-6-12/h10,13-15,23H,4-9H2,1-3H3,(H,19,24)(H,20,21,22)/t13-,14+,15+/m0/s1. The van der Waals surface area contributed by atoms with Crippen LogP contribution < -0.4 is 5.32 Å². The maximum absolute atomic E-state index is 12.2. The van der Waals surface area contributed by atoms with E-state index in [2.05, 4.69) is 34.3 Å². The lowest BCUT2D eigenvalue weighted by Crippen LogP contribution is -2.33. The van der Waals surface area contributed by atoms with Gasteiger partial charge in [-0.25, -0.2) is 4.98 Å². The normalized spacial score (nSPS) is 26.5. The molecule has 1 amide bonds. The lowest BCUT2D eigenvalue weighted by atomic mass is 9.88. The number of hydrogen-bond donors (Lipinski definition) is 3. The molecule has 0 radical (unpaired) electrons. The lowest BCUT2D eigenvalue weighted by Gasteiger charge is -2.21. The predicted octanol–water partition coefficient (Wildman–Crippen LogP) is 2.40. The fourth-order valence-electron chi connectivity index (χ4n) is 3.52. The van der Waals surface area contributed by atoms with Crippen LogP contribution in [-0.4, -0.2) is 38.8 Å². The highest BCUT2D eigenvalue weighted by molar-refractivity contribution is 5.93. The number of nitrogens with zero attached hydrogens (tertiary/aromatic N) is 2. The minimum atomic E-state index is -0.403. The molecular weight excluding hydrogens is 304 g/mol. The third kappa shape index (κ3) is 3.53. The summed E-state index contributed by atoms with van der Waals surface area (Å²) in [6.07, 6.45) is 4.39. The Morgan fingerprint density at radius 1 is 1.38 bits per heavy atom. The molecule has 3 N–H and O–H groups in total.